The second-order valence-electron chi connectivity index (χ2n) is 6.70. The fraction of sp³-hybridized carbons (Fsp3) is 0.611. The highest BCUT2D eigenvalue weighted by atomic mass is 32.2. The van der Waals surface area contributed by atoms with E-state index in [1.54, 1.807) is 0 Å². The number of nitrogens with one attached hydrogen (secondary N) is 1. The molecule has 1 aliphatic rings. The number of nitrogens with two attached hydrogens (primary N) is 1. The Labute approximate surface area is 144 Å². The minimum absolute atomic E-state index is 0.0895. The van der Waals surface area contributed by atoms with Gasteiger partial charge < -0.3 is 11.1 Å². The summed E-state index contributed by atoms with van der Waals surface area (Å²) in [5.41, 5.74) is 9.30. The van der Waals surface area contributed by atoms with Gasteiger partial charge in [0.2, 0.25) is 5.91 Å². The van der Waals surface area contributed by atoms with Crippen LogP contribution in [0.15, 0.2) is 18.2 Å². The third-order valence-electron chi connectivity index (χ3n) is 4.26. The smallest absolute Gasteiger partial charge is 0.241 e. The quantitative estimate of drug-likeness (QED) is 0.839. The Morgan fingerprint density at radius 2 is 2.04 bits per heavy atom. The summed E-state index contributed by atoms with van der Waals surface area (Å²) in [5, 5.41) is 3.01. The Kier molecular flexibility index (Phi) is 6.93. The van der Waals surface area contributed by atoms with Crippen molar-refractivity contribution in [3.63, 3.8) is 0 Å². The Morgan fingerprint density at radius 1 is 1.35 bits per heavy atom. The number of carbonyl (C=O) groups is 1. The molecule has 23 heavy (non-hydrogen) atoms. The van der Waals surface area contributed by atoms with Crippen molar-refractivity contribution in [2.45, 2.75) is 39.8 Å². The first-order chi connectivity index (χ1) is 11.0. The fourth-order valence-corrected chi connectivity index (χ4v) is 3.81. The molecular formula is C18H29N3OS. The van der Waals surface area contributed by atoms with E-state index in [0.29, 0.717) is 12.3 Å². The molecule has 1 fully saturated rings. The molecule has 0 unspecified atom stereocenters. The summed E-state index contributed by atoms with van der Waals surface area (Å²) >= 11 is 2.02. The van der Waals surface area contributed by atoms with Gasteiger partial charge in [0.1, 0.15) is 0 Å². The van der Waals surface area contributed by atoms with Crippen LogP contribution >= 0.6 is 11.8 Å². The summed E-state index contributed by atoms with van der Waals surface area (Å²) in [6, 6.07) is 5.69. The average molecular weight is 336 g/mol. The van der Waals surface area contributed by atoms with Gasteiger partial charge in [-0.15, -0.1) is 0 Å². The van der Waals surface area contributed by atoms with Gasteiger partial charge in [-0.3, -0.25) is 9.69 Å². The van der Waals surface area contributed by atoms with E-state index in [1.807, 2.05) is 23.9 Å². The van der Waals surface area contributed by atoms with E-state index in [-0.39, 0.29) is 5.91 Å². The maximum Gasteiger partial charge on any atom is 0.241 e. The molecule has 3 N–H and O–H groups in total. The molecule has 0 aliphatic carbocycles. The summed E-state index contributed by atoms with van der Waals surface area (Å²) in [4.78, 5) is 14.7. The van der Waals surface area contributed by atoms with Crippen LogP contribution in [0.1, 0.15) is 31.4 Å². The van der Waals surface area contributed by atoms with Crippen LogP contribution in [0, 0.1) is 12.8 Å². The van der Waals surface area contributed by atoms with E-state index < -0.39 is 6.04 Å². The Bertz CT molecular complexity index is 527. The van der Waals surface area contributed by atoms with E-state index in [9.17, 15) is 4.79 Å². The normalized spacial score (nSPS) is 17.3. The van der Waals surface area contributed by atoms with Crippen LogP contribution in [0.4, 0.5) is 5.69 Å². The average Bonchev–Trinajstić information content (AvgIpc) is 2.51. The molecule has 0 radical (unpaired) electrons. The summed E-state index contributed by atoms with van der Waals surface area (Å²) < 4.78 is 0. The molecule has 1 atom stereocenters. The monoisotopic (exact) mass is 335 g/mol. The number of benzene rings is 1. The lowest BCUT2D eigenvalue weighted by molar-refractivity contribution is -0.117. The highest BCUT2D eigenvalue weighted by molar-refractivity contribution is 7.99. The third-order valence-corrected chi connectivity index (χ3v) is 5.21. The van der Waals surface area contributed by atoms with Crippen molar-refractivity contribution in [1.82, 2.24) is 4.90 Å². The molecule has 1 aromatic carbocycles. The van der Waals surface area contributed by atoms with Gasteiger partial charge in [0, 0.05) is 36.8 Å². The first-order valence-electron chi connectivity index (χ1n) is 8.42. The van der Waals surface area contributed by atoms with Crippen molar-refractivity contribution in [3.8, 4) is 0 Å². The summed E-state index contributed by atoms with van der Waals surface area (Å²) in [6.07, 6.45) is 0.704. The largest absolute Gasteiger partial charge is 0.324 e. The zero-order valence-electron chi connectivity index (χ0n) is 14.5. The van der Waals surface area contributed by atoms with Crippen LogP contribution in [0.3, 0.4) is 0 Å². The van der Waals surface area contributed by atoms with E-state index in [0.717, 1.165) is 30.9 Å². The standard InChI is InChI=1S/C18H29N3OS/c1-13(2)11-16(19)18(22)20-17-6-4-5-15(14(17)3)12-21-7-9-23-10-8-21/h4-6,13,16H,7-12,19H2,1-3H3,(H,20,22)/t16-/m0/s1. The zero-order valence-corrected chi connectivity index (χ0v) is 15.3. The minimum atomic E-state index is -0.447. The molecular weight excluding hydrogens is 306 g/mol. The van der Waals surface area contributed by atoms with Crippen molar-refractivity contribution in [3.05, 3.63) is 29.3 Å². The maximum atomic E-state index is 12.3. The van der Waals surface area contributed by atoms with Crippen LogP contribution in [0.2, 0.25) is 0 Å². The van der Waals surface area contributed by atoms with Crippen molar-refractivity contribution < 1.29 is 4.79 Å². The first kappa shape index (κ1) is 18.3. The number of thioether (sulfide) groups is 1. The second kappa shape index (κ2) is 8.71. The lowest BCUT2D eigenvalue weighted by atomic mass is 10.0. The summed E-state index contributed by atoms with van der Waals surface area (Å²) in [5.74, 6) is 2.74. The zero-order chi connectivity index (χ0) is 16.8. The van der Waals surface area contributed by atoms with E-state index in [4.69, 9.17) is 5.73 Å². The Balaban J connectivity index is 2.02. The van der Waals surface area contributed by atoms with Crippen molar-refractivity contribution >= 4 is 23.4 Å². The first-order valence-corrected chi connectivity index (χ1v) is 9.58. The molecule has 0 bridgehead atoms. The highest BCUT2D eigenvalue weighted by Crippen LogP contribution is 2.22. The third kappa shape index (κ3) is 5.52. The number of anilines is 1. The van der Waals surface area contributed by atoms with Gasteiger partial charge in [0.25, 0.3) is 0 Å². The predicted molar refractivity (Wildman–Crippen MR) is 99.8 cm³/mol. The van der Waals surface area contributed by atoms with Gasteiger partial charge in [-0.2, -0.15) is 11.8 Å². The van der Waals surface area contributed by atoms with Gasteiger partial charge in [0.05, 0.1) is 6.04 Å². The topological polar surface area (TPSA) is 58.4 Å². The molecule has 1 amide bonds. The number of hydrogen-bond donors (Lipinski definition) is 2. The molecule has 1 aromatic rings. The second-order valence-corrected chi connectivity index (χ2v) is 7.93. The number of amides is 1. The molecule has 5 heteroatoms. The SMILES string of the molecule is Cc1c(CN2CCSCC2)cccc1NC(=O)[C@@H](N)CC(C)C. The van der Waals surface area contributed by atoms with Crippen LogP contribution in [-0.2, 0) is 11.3 Å². The number of rotatable bonds is 6. The van der Waals surface area contributed by atoms with E-state index >= 15 is 0 Å². The lowest BCUT2D eigenvalue weighted by Crippen LogP contribution is -2.37. The van der Waals surface area contributed by atoms with Crippen LogP contribution in [0.5, 0.6) is 0 Å². The van der Waals surface area contributed by atoms with Crippen LogP contribution < -0.4 is 11.1 Å². The molecule has 128 valence electrons. The van der Waals surface area contributed by atoms with E-state index in [2.05, 4.69) is 37.1 Å². The molecule has 1 saturated heterocycles. The minimum Gasteiger partial charge on any atom is -0.324 e. The van der Waals surface area contributed by atoms with Crippen molar-refractivity contribution in [2.75, 3.05) is 29.9 Å². The molecule has 0 saturated carbocycles. The van der Waals surface area contributed by atoms with Crippen molar-refractivity contribution in [1.29, 1.82) is 0 Å². The molecule has 1 aliphatic heterocycles. The Morgan fingerprint density at radius 3 is 2.70 bits per heavy atom. The molecule has 4 nitrogen and oxygen atoms in total. The highest BCUT2D eigenvalue weighted by Gasteiger charge is 2.17. The lowest BCUT2D eigenvalue weighted by Gasteiger charge is -2.27. The van der Waals surface area contributed by atoms with Gasteiger partial charge in [-0.25, -0.2) is 0 Å². The Hall–Kier alpha value is -1.04. The summed E-state index contributed by atoms with van der Waals surface area (Å²) in [6.45, 7) is 9.47. The molecule has 2 rings (SSSR count). The maximum absolute atomic E-state index is 12.3. The molecule has 1 heterocycles. The van der Waals surface area contributed by atoms with Crippen LogP contribution in [-0.4, -0.2) is 41.4 Å². The molecule has 0 spiro atoms. The number of hydrogen-bond acceptors (Lipinski definition) is 4. The van der Waals surface area contributed by atoms with Gasteiger partial charge in [-0.1, -0.05) is 26.0 Å². The van der Waals surface area contributed by atoms with Gasteiger partial charge in [-0.05, 0) is 36.5 Å². The predicted octanol–water partition coefficient (Wildman–Crippen LogP) is 2.86. The van der Waals surface area contributed by atoms with Gasteiger partial charge in [0.15, 0.2) is 0 Å². The van der Waals surface area contributed by atoms with Crippen LogP contribution in [0.25, 0.3) is 0 Å². The summed E-state index contributed by atoms with van der Waals surface area (Å²) in [7, 11) is 0. The fourth-order valence-electron chi connectivity index (χ4n) is 2.83. The molecule has 0 aromatic heterocycles. The van der Waals surface area contributed by atoms with Gasteiger partial charge >= 0.3 is 0 Å². The van der Waals surface area contributed by atoms with E-state index in [1.165, 1.54) is 17.1 Å². The van der Waals surface area contributed by atoms with Crippen molar-refractivity contribution in [2.24, 2.45) is 11.7 Å². The number of nitrogens with zero attached hydrogens (tertiary/aromatic N) is 1. The number of carbonyl (C=O) groups excluding carboxylic acids is 1.